The van der Waals surface area contributed by atoms with Gasteiger partial charge in [0, 0.05) is 19.7 Å². The molecule has 0 bridgehead atoms. The second kappa shape index (κ2) is 5.97. The number of halogens is 2. The Morgan fingerprint density at radius 1 is 1.37 bits per heavy atom. The number of nitrogens with zero attached hydrogens (tertiary/aromatic N) is 1. The highest BCUT2D eigenvalue weighted by Crippen LogP contribution is 2.33. The molecule has 7 heteroatoms. The van der Waals surface area contributed by atoms with Crippen LogP contribution in [0.5, 0.6) is 0 Å². The zero-order chi connectivity index (χ0) is 14.0. The van der Waals surface area contributed by atoms with E-state index in [-0.39, 0.29) is 27.5 Å². The highest BCUT2D eigenvalue weighted by Gasteiger charge is 2.33. The monoisotopic (exact) mass is 323 g/mol. The Bertz CT molecular complexity index is 562. The van der Waals surface area contributed by atoms with E-state index >= 15 is 0 Å². The van der Waals surface area contributed by atoms with Gasteiger partial charge in [0.1, 0.15) is 4.90 Å². The predicted octanol–water partition coefficient (Wildman–Crippen LogP) is 2.39. The van der Waals surface area contributed by atoms with Crippen LogP contribution in [-0.2, 0) is 10.0 Å². The highest BCUT2D eigenvalue weighted by molar-refractivity contribution is 7.89. The van der Waals surface area contributed by atoms with Crippen molar-refractivity contribution in [2.45, 2.75) is 17.7 Å². The molecule has 2 rings (SSSR count). The van der Waals surface area contributed by atoms with Gasteiger partial charge in [0.15, 0.2) is 0 Å². The summed E-state index contributed by atoms with van der Waals surface area (Å²) in [5.41, 5.74) is 0. The van der Waals surface area contributed by atoms with Gasteiger partial charge in [-0.3, -0.25) is 0 Å². The van der Waals surface area contributed by atoms with Crippen LogP contribution in [0.3, 0.4) is 0 Å². The van der Waals surface area contributed by atoms with E-state index in [0.717, 1.165) is 6.42 Å². The molecule has 1 heterocycles. The van der Waals surface area contributed by atoms with E-state index < -0.39 is 10.0 Å². The van der Waals surface area contributed by atoms with Crippen LogP contribution in [0, 0.1) is 5.92 Å². The van der Waals surface area contributed by atoms with E-state index in [1.165, 1.54) is 10.4 Å². The molecule has 0 aromatic heterocycles. The summed E-state index contributed by atoms with van der Waals surface area (Å²) in [6, 6.07) is 4.59. The van der Waals surface area contributed by atoms with Gasteiger partial charge in [-0.2, -0.15) is 4.31 Å². The van der Waals surface area contributed by atoms with Crippen molar-refractivity contribution in [1.82, 2.24) is 4.31 Å². The van der Waals surface area contributed by atoms with Crippen LogP contribution >= 0.6 is 23.2 Å². The molecular formula is C12H15Cl2NO3S. The van der Waals surface area contributed by atoms with Gasteiger partial charge in [-0.25, -0.2) is 8.42 Å². The fourth-order valence-electron chi connectivity index (χ4n) is 2.26. The van der Waals surface area contributed by atoms with Crippen molar-refractivity contribution in [1.29, 1.82) is 0 Å². The molecule has 1 aromatic rings. The second-order valence-electron chi connectivity index (χ2n) is 4.58. The molecule has 4 nitrogen and oxygen atoms in total. The maximum absolute atomic E-state index is 12.5. The molecule has 0 spiro atoms. The Morgan fingerprint density at radius 3 is 2.79 bits per heavy atom. The van der Waals surface area contributed by atoms with E-state index in [4.69, 9.17) is 28.3 Å². The van der Waals surface area contributed by atoms with Crippen molar-refractivity contribution in [2.75, 3.05) is 19.7 Å². The minimum absolute atomic E-state index is 0.0475. The second-order valence-corrected chi connectivity index (χ2v) is 7.27. The molecule has 19 heavy (non-hydrogen) atoms. The number of hydrogen-bond acceptors (Lipinski definition) is 3. The summed E-state index contributed by atoms with van der Waals surface area (Å²) in [5, 5.41) is 9.20. The van der Waals surface area contributed by atoms with Crippen molar-refractivity contribution < 1.29 is 13.5 Å². The normalized spacial score (nSPS) is 20.9. The van der Waals surface area contributed by atoms with E-state index in [9.17, 15) is 8.42 Å². The Labute approximate surface area is 123 Å². The van der Waals surface area contributed by atoms with Crippen LogP contribution in [0.4, 0.5) is 0 Å². The van der Waals surface area contributed by atoms with Crippen molar-refractivity contribution in [2.24, 2.45) is 5.92 Å². The van der Waals surface area contributed by atoms with Crippen molar-refractivity contribution in [3.05, 3.63) is 28.2 Å². The molecule has 1 saturated heterocycles. The topological polar surface area (TPSA) is 57.6 Å². The molecule has 0 saturated carbocycles. The SMILES string of the molecule is O=S(=O)(c1cccc(Cl)c1Cl)N1CCC(CCO)C1. The van der Waals surface area contributed by atoms with E-state index in [0.29, 0.717) is 19.5 Å². The van der Waals surface area contributed by atoms with Gasteiger partial charge < -0.3 is 5.11 Å². The molecule has 1 aromatic carbocycles. The lowest BCUT2D eigenvalue weighted by Crippen LogP contribution is -2.29. The molecular weight excluding hydrogens is 309 g/mol. The number of aliphatic hydroxyl groups excluding tert-OH is 1. The van der Waals surface area contributed by atoms with Crippen LogP contribution in [-0.4, -0.2) is 37.5 Å². The molecule has 1 unspecified atom stereocenters. The Balaban J connectivity index is 2.26. The minimum Gasteiger partial charge on any atom is -0.396 e. The summed E-state index contributed by atoms with van der Waals surface area (Å²) in [4.78, 5) is 0.0475. The maximum atomic E-state index is 12.5. The molecule has 1 N–H and O–H groups in total. The number of aliphatic hydroxyl groups is 1. The lowest BCUT2D eigenvalue weighted by atomic mass is 10.1. The standard InChI is InChI=1S/C12H15Cl2NO3S/c13-10-2-1-3-11(12(10)14)19(17,18)15-6-4-9(8-15)5-7-16/h1-3,9,16H,4-8H2. The van der Waals surface area contributed by atoms with Crippen LogP contribution in [0.2, 0.25) is 10.0 Å². The van der Waals surface area contributed by atoms with Gasteiger partial charge in [-0.05, 0) is 30.9 Å². The third-order valence-corrected chi connectivity index (χ3v) is 6.16. The smallest absolute Gasteiger partial charge is 0.244 e. The van der Waals surface area contributed by atoms with Gasteiger partial charge in [0.05, 0.1) is 10.0 Å². The molecule has 1 atom stereocenters. The lowest BCUT2D eigenvalue weighted by Gasteiger charge is -2.17. The molecule has 0 radical (unpaired) electrons. The van der Waals surface area contributed by atoms with Gasteiger partial charge in [0.25, 0.3) is 0 Å². The molecule has 1 aliphatic heterocycles. The summed E-state index contributed by atoms with van der Waals surface area (Å²) in [6.45, 7) is 0.956. The molecule has 0 aliphatic carbocycles. The Hall–Kier alpha value is -0.330. The zero-order valence-electron chi connectivity index (χ0n) is 10.2. The van der Waals surface area contributed by atoms with Gasteiger partial charge in [-0.15, -0.1) is 0 Å². The first-order valence-electron chi connectivity index (χ1n) is 6.02. The first kappa shape index (κ1) is 15.1. The molecule has 1 aliphatic rings. The fraction of sp³-hybridized carbons (Fsp3) is 0.500. The van der Waals surface area contributed by atoms with Crippen LogP contribution in [0.1, 0.15) is 12.8 Å². The number of rotatable bonds is 4. The van der Waals surface area contributed by atoms with Gasteiger partial charge in [0.2, 0.25) is 10.0 Å². The third kappa shape index (κ3) is 3.06. The van der Waals surface area contributed by atoms with Crippen molar-refractivity contribution >= 4 is 33.2 Å². The summed E-state index contributed by atoms with van der Waals surface area (Å²) in [5.74, 6) is 0.206. The number of hydrogen-bond donors (Lipinski definition) is 1. The Kier molecular flexibility index (Phi) is 4.74. The first-order valence-corrected chi connectivity index (χ1v) is 8.21. The Morgan fingerprint density at radius 2 is 2.11 bits per heavy atom. The highest BCUT2D eigenvalue weighted by atomic mass is 35.5. The quantitative estimate of drug-likeness (QED) is 0.925. The van der Waals surface area contributed by atoms with E-state index in [1.54, 1.807) is 12.1 Å². The molecule has 1 fully saturated rings. The minimum atomic E-state index is -3.61. The van der Waals surface area contributed by atoms with Gasteiger partial charge >= 0.3 is 0 Å². The van der Waals surface area contributed by atoms with Gasteiger partial charge in [-0.1, -0.05) is 29.3 Å². The fourth-order valence-corrected chi connectivity index (χ4v) is 4.52. The van der Waals surface area contributed by atoms with Crippen LogP contribution in [0.25, 0.3) is 0 Å². The largest absolute Gasteiger partial charge is 0.396 e. The first-order chi connectivity index (χ1) is 8.96. The van der Waals surface area contributed by atoms with Crippen LogP contribution in [0.15, 0.2) is 23.1 Å². The zero-order valence-corrected chi connectivity index (χ0v) is 12.5. The third-order valence-electron chi connectivity index (χ3n) is 3.32. The van der Waals surface area contributed by atoms with Crippen molar-refractivity contribution in [3.63, 3.8) is 0 Å². The average Bonchev–Trinajstić information content (AvgIpc) is 2.82. The van der Waals surface area contributed by atoms with Crippen LogP contribution < -0.4 is 0 Å². The maximum Gasteiger partial charge on any atom is 0.244 e. The predicted molar refractivity (Wildman–Crippen MR) is 75.0 cm³/mol. The molecule has 0 amide bonds. The summed E-state index contributed by atoms with van der Waals surface area (Å²) >= 11 is 11.8. The van der Waals surface area contributed by atoms with E-state index in [1.807, 2.05) is 0 Å². The van der Waals surface area contributed by atoms with E-state index in [2.05, 4.69) is 0 Å². The number of sulfonamides is 1. The average molecular weight is 324 g/mol. The van der Waals surface area contributed by atoms with Crippen molar-refractivity contribution in [3.8, 4) is 0 Å². The number of benzene rings is 1. The molecule has 106 valence electrons. The summed E-state index contributed by atoms with van der Waals surface area (Å²) < 4.78 is 26.4. The summed E-state index contributed by atoms with van der Waals surface area (Å²) in [6.07, 6.45) is 1.38. The lowest BCUT2D eigenvalue weighted by molar-refractivity contribution is 0.259. The summed E-state index contributed by atoms with van der Waals surface area (Å²) in [7, 11) is -3.61.